The maximum absolute atomic E-state index is 12.2. The minimum Gasteiger partial charge on any atom is -0.398 e. The number of nitrogens with two attached hydrogens (primary N) is 1. The molecule has 1 aliphatic carbocycles. The van der Waals surface area contributed by atoms with E-state index in [1.165, 1.54) is 16.1 Å². The van der Waals surface area contributed by atoms with E-state index in [1.807, 2.05) is 24.3 Å². The number of hydrogen-bond donors (Lipinski definition) is 1. The van der Waals surface area contributed by atoms with Gasteiger partial charge in [-0.25, -0.2) is 12.7 Å². The Hall–Kier alpha value is -0.720. The lowest BCUT2D eigenvalue weighted by atomic mass is 10.3. The van der Waals surface area contributed by atoms with Crippen LogP contribution < -0.4 is 5.73 Å². The van der Waals surface area contributed by atoms with E-state index in [2.05, 4.69) is 6.92 Å². The Bertz CT molecular complexity index is 560. The largest absolute Gasteiger partial charge is 0.398 e. The summed E-state index contributed by atoms with van der Waals surface area (Å²) in [7, 11) is -1.47. The van der Waals surface area contributed by atoms with Gasteiger partial charge in [0.2, 0.25) is 10.0 Å². The molecule has 2 unspecified atom stereocenters. The lowest BCUT2D eigenvalue weighted by Gasteiger charge is -2.17. The summed E-state index contributed by atoms with van der Waals surface area (Å²) in [4.78, 5) is 0.946. The van der Waals surface area contributed by atoms with Crippen LogP contribution in [0, 0.1) is 11.8 Å². The highest BCUT2D eigenvalue weighted by atomic mass is 32.2. The van der Waals surface area contributed by atoms with Crippen LogP contribution in [0.5, 0.6) is 0 Å². The number of thioether (sulfide) groups is 1. The predicted octanol–water partition coefficient (Wildman–Crippen LogP) is 2.28. The third-order valence-electron chi connectivity index (χ3n) is 3.76. The van der Waals surface area contributed by atoms with Gasteiger partial charge in [0, 0.05) is 29.9 Å². The van der Waals surface area contributed by atoms with Gasteiger partial charge in [0.25, 0.3) is 0 Å². The molecule has 20 heavy (non-hydrogen) atoms. The van der Waals surface area contributed by atoms with Crippen LogP contribution in [0.4, 0.5) is 5.69 Å². The molecule has 0 spiro atoms. The Morgan fingerprint density at radius 2 is 2.05 bits per heavy atom. The van der Waals surface area contributed by atoms with Crippen molar-refractivity contribution >= 4 is 27.5 Å². The van der Waals surface area contributed by atoms with Gasteiger partial charge in [0.15, 0.2) is 0 Å². The first-order valence-electron chi connectivity index (χ1n) is 6.81. The summed E-state index contributed by atoms with van der Waals surface area (Å²) in [5.74, 6) is 1.91. The zero-order chi connectivity index (χ0) is 14.8. The lowest BCUT2D eigenvalue weighted by Crippen LogP contribution is -2.32. The second-order valence-electron chi connectivity index (χ2n) is 5.46. The molecule has 0 aromatic heterocycles. The number of rotatable bonds is 7. The van der Waals surface area contributed by atoms with Gasteiger partial charge in [-0.2, -0.15) is 0 Å². The van der Waals surface area contributed by atoms with Crippen LogP contribution >= 0.6 is 11.8 Å². The van der Waals surface area contributed by atoms with E-state index in [0.29, 0.717) is 29.8 Å². The van der Waals surface area contributed by atoms with E-state index in [4.69, 9.17) is 5.73 Å². The van der Waals surface area contributed by atoms with Crippen LogP contribution in [0.15, 0.2) is 29.2 Å². The Morgan fingerprint density at radius 3 is 2.65 bits per heavy atom. The Morgan fingerprint density at radius 1 is 1.40 bits per heavy atom. The monoisotopic (exact) mass is 314 g/mol. The third-order valence-corrected chi connectivity index (χ3v) is 6.93. The van der Waals surface area contributed by atoms with Crippen molar-refractivity contribution in [3.05, 3.63) is 24.3 Å². The Balaban J connectivity index is 1.81. The maximum Gasteiger partial charge on any atom is 0.214 e. The molecular formula is C14H22N2O2S2. The van der Waals surface area contributed by atoms with Gasteiger partial charge in [-0.1, -0.05) is 19.1 Å². The molecule has 0 heterocycles. The predicted molar refractivity (Wildman–Crippen MR) is 85.3 cm³/mol. The van der Waals surface area contributed by atoms with Crippen molar-refractivity contribution in [3.8, 4) is 0 Å². The van der Waals surface area contributed by atoms with Crippen molar-refractivity contribution in [3.63, 3.8) is 0 Å². The first-order chi connectivity index (χ1) is 9.40. The van der Waals surface area contributed by atoms with Crippen molar-refractivity contribution in [2.45, 2.75) is 18.2 Å². The fourth-order valence-corrected chi connectivity index (χ4v) is 4.66. The number of nitrogens with zero attached hydrogens (tertiary/aromatic N) is 1. The highest BCUT2D eigenvalue weighted by Gasteiger charge is 2.35. The van der Waals surface area contributed by atoms with Gasteiger partial charge in [-0.3, -0.25) is 0 Å². The molecule has 1 fully saturated rings. The molecule has 4 nitrogen and oxygen atoms in total. The molecule has 0 bridgehead atoms. The van der Waals surface area contributed by atoms with E-state index in [-0.39, 0.29) is 5.75 Å². The summed E-state index contributed by atoms with van der Waals surface area (Å²) >= 11 is 1.50. The van der Waals surface area contributed by atoms with Crippen LogP contribution in [-0.2, 0) is 10.0 Å². The third kappa shape index (κ3) is 4.14. The minimum absolute atomic E-state index is 0.156. The summed E-state index contributed by atoms with van der Waals surface area (Å²) in [6.45, 7) is 2.82. The average Bonchev–Trinajstić information content (AvgIpc) is 3.07. The Labute approximate surface area is 125 Å². The maximum atomic E-state index is 12.2. The molecule has 0 aliphatic heterocycles. The molecule has 0 radical (unpaired) electrons. The summed E-state index contributed by atoms with van der Waals surface area (Å²) in [6, 6.07) is 7.54. The summed E-state index contributed by atoms with van der Waals surface area (Å²) in [5, 5.41) is 0. The molecule has 2 rings (SSSR count). The van der Waals surface area contributed by atoms with Crippen molar-refractivity contribution < 1.29 is 8.42 Å². The van der Waals surface area contributed by atoms with Gasteiger partial charge in [-0.15, -0.1) is 11.8 Å². The SMILES string of the molecule is CC1CC1CN(C)S(=O)(=O)CCSc1ccccc1N. The van der Waals surface area contributed by atoms with Crippen LogP contribution in [0.2, 0.25) is 0 Å². The van der Waals surface area contributed by atoms with Gasteiger partial charge >= 0.3 is 0 Å². The molecular weight excluding hydrogens is 292 g/mol. The first-order valence-corrected chi connectivity index (χ1v) is 9.41. The van der Waals surface area contributed by atoms with Gasteiger partial charge in [0.1, 0.15) is 0 Å². The zero-order valence-electron chi connectivity index (χ0n) is 12.0. The molecule has 2 atom stereocenters. The van der Waals surface area contributed by atoms with E-state index >= 15 is 0 Å². The molecule has 112 valence electrons. The van der Waals surface area contributed by atoms with Crippen LogP contribution in [-0.4, -0.2) is 37.8 Å². The van der Waals surface area contributed by atoms with Crippen molar-refractivity contribution in [1.29, 1.82) is 0 Å². The smallest absolute Gasteiger partial charge is 0.214 e. The van der Waals surface area contributed by atoms with Crippen LogP contribution in [0.1, 0.15) is 13.3 Å². The van der Waals surface area contributed by atoms with Crippen molar-refractivity contribution in [1.82, 2.24) is 4.31 Å². The quantitative estimate of drug-likeness (QED) is 0.619. The minimum atomic E-state index is -3.15. The number of nitrogen functional groups attached to an aromatic ring is 1. The zero-order valence-corrected chi connectivity index (χ0v) is 13.6. The van der Waals surface area contributed by atoms with E-state index in [1.54, 1.807) is 7.05 Å². The number of anilines is 1. The summed E-state index contributed by atoms with van der Waals surface area (Å²) in [6.07, 6.45) is 1.15. The second-order valence-corrected chi connectivity index (χ2v) is 8.79. The fraction of sp³-hybridized carbons (Fsp3) is 0.571. The summed E-state index contributed by atoms with van der Waals surface area (Å²) < 4.78 is 25.8. The normalized spacial score (nSPS) is 22.1. The molecule has 1 aromatic rings. The van der Waals surface area contributed by atoms with E-state index < -0.39 is 10.0 Å². The number of hydrogen-bond acceptors (Lipinski definition) is 4. The second kappa shape index (κ2) is 6.37. The summed E-state index contributed by atoms with van der Waals surface area (Å²) in [5.41, 5.74) is 6.54. The fourth-order valence-electron chi connectivity index (χ4n) is 2.12. The topological polar surface area (TPSA) is 63.4 Å². The Kier molecular flexibility index (Phi) is 4.99. The first kappa shape index (κ1) is 15.7. The van der Waals surface area contributed by atoms with Gasteiger partial charge in [0.05, 0.1) is 5.75 Å². The number of para-hydroxylation sites is 1. The average molecular weight is 314 g/mol. The molecule has 0 amide bonds. The molecule has 1 aromatic carbocycles. The van der Waals surface area contributed by atoms with Gasteiger partial charge in [-0.05, 0) is 30.4 Å². The van der Waals surface area contributed by atoms with Crippen molar-refractivity contribution in [2.24, 2.45) is 11.8 Å². The molecule has 1 aliphatic rings. The highest BCUT2D eigenvalue weighted by Crippen LogP contribution is 2.38. The van der Waals surface area contributed by atoms with E-state index in [9.17, 15) is 8.42 Å². The van der Waals surface area contributed by atoms with Gasteiger partial charge < -0.3 is 5.73 Å². The van der Waals surface area contributed by atoms with E-state index in [0.717, 1.165) is 11.3 Å². The van der Waals surface area contributed by atoms with Crippen molar-refractivity contribution in [2.75, 3.05) is 30.8 Å². The molecule has 6 heteroatoms. The highest BCUT2D eigenvalue weighted by molar-refractivity contribution is 8.00. The van der Waals surface area contributed by atoms with Crippen LogP contribution in [0.3, 0.4) is 0 Å². The standard InChI is InChI=1S/C14H22N2O2S2/c1-11-9-12(11)10-16(2)20(17,18)8-7-19-14-6-4-3-5-13(14)15/h3-6,11-12H,7-10,15H2,1-2H3. The lowest BCUT2D eigenvalue weighted by molar-refractivity contribution is 0.446. The number of benzene rings is 1. The molecule has 1 saturated carbocycles. The molecule has 2 N–H and O–H groups in total. The van der Waals surface area contributed by atoms with Crippen LogP contribution in [0.25, 0.3) is 0 Å². The number of sulfonamides is 1. The molecule has 0 saturated heterocycles.